The summed E-state index contributed by atoms with van der Waals surface area (Å²) in [6.45, 7) is 2.22. The highest BCUT2D eigenvalue weighted by Gasteiger charge is 2.13. The first-order chi connectivity index (χ1) is 8.25. The zero-order chi connectivity index (χ0) is 12.1. The van der Waals surface area contributed by atoms with Crippen LogP contribution in [0.25, 0.3) is 0 Å². The molecular weight excluding hydrogens is 224 g/mol. The lowest BCUT2D eigenvalue weighted by Crippen LogP contribution is -2.34. The first-order valence-electron chi connectivity index (χ1n) is 5.94. The molecule has 1 aliphatic rings. The smallest absolute Gasteiger partial charge is 0.263 e. The maximum absolute atomic E-state index is 12.5. The average Bonchev–Trinajstić information content (AvgIpc) is 2.38. The van der Waals surface area contributed by atoms with Crippen molar-refractivity contribution in [3.8, 4) is 0 Å². The molecule has 0 amide bonds. The fourth-order valence-corrected chi connectivity index (χ4v) is 2.00. The topological polar surface area (TPSA) is 21.3 Å². The SMILES string of the molecule is FC(F)c1cccc(CNC2CCOCC2)c1. The van der Waals surface area contributed by atoms with Gasteiger partial charge in [-0.1, -0.05) is 18.2 Å². The van der Waals surface area contributed by atoms with E-state index in [1.54, 1.807) is 12.1 Å². The van der Waals surface area contributed by atoms with Gasteiger partial charge in [0.1, 0.15) is 0 Å². The van der Waals surface area contributed by atoms with Crippen molar-refractivity contribution in [2.24, 2.45) is 0 Å². The van der Waals surface area contributed by atoms with Gasteiger partial charge in [-0.25, -0.2) is 8.78 Å². The zero-order valence-corrected chi connectivity index (χ0v) is 9.66. The minimum absolute atomic E-state index is 0.0938. The van der Waals surface area contributed by atoms with Crippen LogP contribution in [0.15, 0.2) is 24.3 Å². The van der Waals surface area contributed by atoms with Crippen molar-refractivity contribution in [1.82, 2.24) is 5.32 Å². The maximum Gasteiger partial charge on any atom is 0.263 e. The first-order valence-corrected chi connectivity index (χ1v) is 5.94. The van der Waals surface area contributed by atoms with Crippen LogP contribution in [0.5, 0.6) is 0 Å². The third-order valence-corrected chi connectivity index (χ3v) is 3.02. The minimum atomic E-state index is -2.39. The van der Waals surface area contributed by atoms with Crippen LogP contribution < -0.4 is 5.32 Å². The van der Waals surface area contributed by atoms with Gasteiger partial charge in [0.2, 0.25) is 0 Å². The van der Waals surface area contributed by atoms with Crippen molar-refractivity contribution in [2.45, 2.75) is 31.9 Å². The molecule has 1 aromatic rings. The van der Waals surface area contributed by atoms with Crippen molar-refractivity contribution < 1.29 is 13.5 Å². The lowest BCUT2D eigenvalue weighted by atomic mass is 10.1. The lowest BCUT2D eigenvalue weighted by Gasteiger charge is -2.23. The molecule has 1 N–H and O–H groups in total. The highest BCUT2D eigenvalue weighted by molar-refractivity contribution is 5.24. The van der Waals surface area contributed by atoms with Crippen LogP contribution in [0.3, 0.4) is 0 Å². The Balaban J connectivity index is 1.87. The van der Waals surface area contributed by atoms with Gasteiger partial charge >= 0.3 is 0 Å². The summed E-state index contributed by atoms with van der Waals surface area (Å²) >= 11 is 0. The number of alkyl halides is 2. The van der Waals surface area contributed by atoms with Crippen LogP contribution in [0.4, 0.5) is 8.78 Å². The lowest BCUT2D eigenvalue weighted by molar-refractivity contribution is 0.0776. The molecule has 0 unspecified atom stereocenters. The van der Waals surface area contributed by atoms with Crippen molar-refractivity contribution in [3.05, 3.63) is 35.4 Å². The van der Waals surface area contributed by atoms with Gasteiger partial charge in [-0.15, -0.1) is 0 Å². The van der Waals surface area contributed by atoms with E-state index < -0.39 is 6.43 Å². The van der Waals surface area contributed by atoms with E-state index in [9.17, 15) is 8.78 Å². The molecule has 0 aromatic heterocycles. The van der Waals surface area contributed by atoms with E-state index >= 15 is 0 Å². The molecule has 0 atom stereocenters. The van der Waals surface area contributed by atoms with Crippen LogP contribution in [0, 0.1) is 0 Å². The van der Waals surface area contributed by atoms with Crippen molar-refractivity contribution >= 4 is 0 Å². The monoisotopic (exact) mass is 241 g/mol. The van der Waals surface area contributed by atoms with Crippen molar-refractivity contribution in [3.63, 3.8) is 0 Å². The van der Waals surface area contributed by atoms with Crippen LogP contribution >= 0.6 is 0 Å². The first kappa shape index (κ1) is 12.5. The van der Waals surface area contributed by atoms with E-state index in [4.69, 9.17) is 4.74 Å². The molecule has 1 saturated heterocycles. The van der Waals surface area contributed by atoms with E-state index in [0.29, 0.717) is 12.6 Å². The number of nitrogens with one attached hydrogen (secondary N) is 1. The molecule has 1 fully saturated rings. The van der Waals surface area contributed by atoms with E-state index in [-0.39, 0.29) is 5.56 Å². The third kappa shape index (κ3) is 3.75. The Morgan fingerprint density at radius 3 is 2.76 bits per heavy atom. The fraction of sp³-hybridized carbons (Fsp3) is 0.538. The Bertz CT molecular complexity index is 351. The molecule has 17 heavy (non-hydrogen) atoms. The molecule has 0 aliphatic carbocycles. The number of hydrogen-bond acceptors (Lipinski definition) is 2. The quantitative estimate of drug-likeness (QED) is 0.875. The summed E-state index contributed by atoms with van der Waals surface area (Å²) in [5, 5.41) is 3.38. The Morgan fingerprint density at radius 2 is 2.06 bits per heavy atom. The number of rotatable bonds is 4. The Hall–Kier alpha value is -1.00. The maximum atomic E-state index is 12.5. The van der Waals surface area contributed by atoms with Gasteiger partial charge in [0, 0.05) is 31.4 Å². The second-order valence-corrected chi connectivity index (χ2v) is 4.31. The van der Waals surface area contributed by atoms with E-state index in [1.165, 1.54) is 6.07 Å². The second kappa shape index (κ2) is 6.07. The van der Waals surface area contributed by atoms with Crippen molar-refractivity contribution in [2.75, 3.05) is 13.2 Å². The van der Waals surface area contributed by atoms with Gasteiger partial charge in [-0.2, -0.15) is 0 Å². The molecule has 0 saturated carbocycles. The minimum Gasteiger partial charge on any atom is -0.381 e. The predicted molar refractivity (Wildman–Crippen MR) is 62.1 cm³/mol. The summed E-state index contributed by atoms with van der Waals surface area (Å²) in [5.41, 5.74) is 1.01. The summed E-state index contributed by atoms with van der Waals surface area (Å²) in [7, 11) is 0. The molecule has 1 aromatic carbocycles. The molecule has 94 valence electrons. The largest absolute Gasteiger partial charge is 0.381 e. The van der Waals surface area contributed by atoms with Gasteiger partial charge in [0.15, 0.2) is 0 Å². The third-order valence-electron chi connectivity index (χ3n) is 3.02. The molecule has 4 heteroatoms. The fourth-order valence-electron chi connectivity index (χ4n) is 2.00. The average molecular weight is 241 g/mol. The summed E-state index contributed by atoms with van der Waals surface area (Å²) in [5.74, 6) is 0. The predicted octanol–water partition coefficient (Wildman–Crippen LogP) is 2.89. The summed E-state index contributed by atoms with van der Waals surface area (Å²) in [6, 6.07) is 7.03. The molecular formula is C13H17F2NO. The molecule has 2 nitrogen and oxygen atoms in total. The van der Waals surface area contributed by atoms with Gasteiger partial charge in [-0.3, -0.25) is 0 Å². The molecule has 0 spiro atoms. The molecule has 1 aliphatic heterocycles. The van der Waals surface area contributed by atoms with Crippen LogP contribution in [-0.4, -0.2) is 19.3 Å². The van der Waals surface area contributed by atoms with Gasteiger partial charge in [-0.05, 0) is 24.5 Å². The second-order valence-electron chi connectivity index (χ2n) is 4.31. The Labute approximate surface area is 100.0 Å². The van der Waals surface area contributed by atoms with E-state index in [0.717, 1.165) is 31.6 Å². The standard InChI is InChI=1S/C13H17F2NO/c14-13(15)11-3-1-2-10(8-11)9-16-12-4-6-17-7-5-12/h1-3,8,12-13,16H,4-7,9H2. The summed E-state index contributed by atoms with van der Waals surface area (Å²) < 4.78 is 30.3. The van der Waals surface area contributed by atoms with Crippen LogP contribution in [0.1, 0.15) is 30.4 Å². The molecule has 0 radical (unpaired) electrons. The highest BCUT2D eigenvalue weighted by atomic mass is 19.3. The normalized spacial score (nSPS) is 17.6. The Morgan fingerprint density at radius 1 is 1.29 bits per heavy atom. The van der Waals surface area contributed by atoms with Crippen molar-refractivity contribution in [1.29, 1.82) is 0 Å². The number of benzene rings is 1. The van der Waals surface area contributed by atoms with E-state index in [1.807, 2.05) is 6.07 Å². The Kier molecular flexibility index (Phi) is 4.45. The highest BCUT2D eigenvalue weighted by Crippen LogP contribution is 2.19. The molecule has 1 heterocycles. The number of ether oxygens (including phenoxy) is 1. The van der Waals surface area contributed by atoms with Crippen LogP contribution in [-0.2, 0) is 11.3 Å². The zero-order valence-electron chi connectivity index (χ0n) is 9.66. The van der Waals surface area contributed by atoms with E-state index in [2.05, 4.69) is 5.32 Å². The number of hydrogen-bond donors (Lipinski definition) is 1. The molecule has 2 rings (SSSR count). The van der Waals surface area contributed by atoms with Gasteiger partial charge < -0.3 is 10.1 Å². The van der Waals surface area contributed by atoms with Crippen LogP contribution in [0.2, 0.25) is 0 Å². The number of halogens is 2. The van der Waals surface area contributed by atoms with Gasteiger partial charge in [0.05, 0.1) is 0 Å². The van der Waals surface area contributed by atoms with Gasteiger partial charge in [0.25, 0.3) is 6.43 Å². The summed E-state index contributed by atoms with van der Waals surface area (Å²) in [6.07, 6.45) is -0.402. The molecule has 0 bridgehead atoms. The summed E-state index contributed by atoms with van der Waals surface area (Å²) in [4.78, 5) is 0.